The first-order valence-electron chi connectivity index (χ1n) is 3.32. The van der Waals surface area contributed by atoms with Crippen molar-refractivity contribution in [2.24, 2.45) is 0 Å². The minimum atomic E-state index is -1.40. The van der Waals surface area contributed by atoms with E-state index in [4.69, 9.17) is 9.84 Å². The highest BCUT2D eigenvalue weighted by atomic mass is 16.5. The molecule has 0 aromatic rings. The van der Waals surface area contributed by atoms with Gasteiger partial charge in [-0.25, -0.2) is 4.79 Å². The molecule has 0 unspecified atom stereocenters. The minimum Gasteiger partial charge on any atom is -0.474 e. The number of rotatable bonds is 0. The summed E-state index contributed by atoms with van der Waals surface area (Å²) in [6.07, 6.45) is 0. The Balaban J connectivity index is 2.45. The summed E-state index contributed by atoms with van der Waals surface area (Å²) < 4.78 is 4.94. The summed E-state index contributed by atoms with van der Waals surface area (Å²) in [6, 6.07) is 0. The van der Waals surface area contributed by atoms with Crippen LogP contribution in [0.5, 0.6) is 0 Å². The molecule has 0 aromatic heterocycles. The quantitative estimate of drug-likeness (QED) is 0.457. The van der Waals surface area contributed by atoms with Crippen LogP contribution in [0.15, 0.2) is 0 Å². The maximum atomic E-state index is 10.8. The van der Waals surface area contributed by atoms with Crippen molar-refractivity contribution in [3.8, 4) is 0 Å². The second kappa shape index (κ2) is 3.34. The van der Waals surface area contributed by atoms with Gasteiger partial charge in [-0.05, 0) is 0 Å². The number of ether oxygens (including phenoxy) is 1. The summed E-state index contributed by atoms with van der Waals surface area (Å²) in [6.45, 7) is 1.62. The van der Waals surface area contributed by atoms with E-state index >= 15 is 0 Å². The third kappa shape index (κ3) is 1.91. The van der Waals surface area contributed by atoms with Crippen LogP contribution in [0.4, 0.5) is 0 Å². The molecule has 5 nitrogen and oxygen atoms in total. The molecular formula is C6H9NO4. The molecule has 0 spiro atoms. The fourth-order valence-electron chi connectivity index (χ4n) is 0.902. The Morgan fingerprint density at radius 2 is 1.82 bits per heavy atom. The Hall–Kier alpha value is -1.10. The second-order valence-electron chi connectivity index (χ2n) is 2.21. The molecular weight excluding hydrogens is 150 g/mol. The van der Waals surface area contributed by atoms with Crippen LogP contribution in [0.2, 0.25) is 0 Å². The summed E-state index contributed by atoms with van der Waals surface area (Å²) in [4.78, 5) is 22.2. The molecule has 1 rings (SSSR count). The van der Waals surface area contributed by atoms with E-state index in [2.05, 4.69) is 0 Å². The highest BCUT2D eigenvalue weighted by molar-refractivity contribution is 6.31. The van der Waals surface area contributed by atoms with Gasteiger partial charge in [-0.15, -0.1) is 0 Å². The zero-order valence-electron chi connectivity index (χ0n) is 5.95. The molecule has 0 aromatic carbocycles. The fourth-order valence-corrected chi connectivity index (χ4v) is 0.902. The van der Waals surface area contributed by atoms with Gasteiger partial charge < -0.3 is 14.7 Å². The lowest BCUT2D eigenvalue weighted by Gasteiger charge is -2.24. The number of hydrogen-bond acceptors (Lipinski definition) is 3. The largest absolute Gasteiger partial charge is 0.474 e. The number of carbonyl (C=O) groups is 2. The molecule has 1 amide bonds. The van der Waals surface area contributed by atoms with Crippen molar-refractivity contribution in [1.29, 1.82) is 0 Å². The maximum Gasteiger partial charge on any atom is 0.394 e. The first-order chi connectivity index (χ1) is 5.22. The summed E-state index contributed by atoms with van der Waals surface area (Å²) >= 11 is 0. The van der Waals surface area contributed by atoms with Crippen molar-refractivity contribution in [3.05, 3.63) is 0 Å². The number of morpholine rings is 1. The molecule has 0 bridgehead atoms. The first-order valence-corrected chi connectivity index (χ1v) is 3.32. The summed E-state index contributed by atoms with van der Waals surface area (Å²) in [7, 11) is 0. The number of nitrogens with zero attached hydrogens (tertiary/aromatic N) is 1. The Labute approximate surface area is 63.5 Å². The lowest BCUT2D eigenvalue weighted by atomic mass is 10.4. The summed E-state index contributed by atoms with van der Waals surface area (Å²) in [5, 5.41) is 8.30. The van der Waals surface area contributed by atoms with Gasteiger partial charge in [0, 0.05) is 13.1 Å². The second-order valence-corrected chi connectivity index (χ2v) is 2.21. The molecule has 1 saturated heterocycles. The average Bonchev–Trinajstić information content (AvgIpc) is 2.05. The molecule has 0 aliphatic carbocycles. The average molecular weight is 159 g/mol. The van der Waals surface area contributed by atoms with E-state index in [0.29, 0.717) is 26.3 Å². The van der Waals surface area contributed by atoms with Crippen molar-refractivity contribution in [3.63, 3.8) is 0 Å². The Morgan fingerprint density at radius 3 is 2.27 bits per heavy atom. The maximum absolute atomic E-state index is 10.8. The van der Waals surface area contributed by atoms with Crippen molar-refractivity contribution in [2.45, 2.75) is 0 Å². The third-order valence-corrected chi connectivity index (χ3v) is 1.48. The van der Waals surface area contributed by atoms with E-state index in [-0.39, 0.29) is 0 Å². The third-order valence-electron chi connectivity index (χ3n) is 1.48. The standard InChI is InChI=1S/C6H9NO4/c8-5(6(9)10)7-1-3-11-4-2-7/h1-4H2,(H,9,10). The van der Waals surface area contributed by atoms with Crippen molar-refractivity contribution < 1.29 is 19.4 Å². The highest BCUT2D eigenvalue weighted by Crippen LogP contribution is 1.96. The summed E-state index contributed by atoms with van der Waals surface area (Å²) in [5.74, 6) is -2.24. The van der Waals surface area contributed by atoms with Gasteiger partial charge in [0.2, 0.25) is 0 Å². The molecule has 5 heteroatoms. The van der Waals surface area contributed by atoms with Gasteiger partial charge in [-0.2, -0.15) is 0 Å². The van der Waals surface area contributed by atoms with E-state index in [1.54, 1.807) is 0 Å². The predicted molar refractivity (Wildman–Crippen MR) is 35.0 cm³/mol. The minimum absolute atomic E-state index is 0.380. The smallest absolute Gasteiger partial charge is 0.394 e. The number of amides is 1. The lowest BCUT2D eigenvalue weighted by molar-refractivity contribution is -0.157. The van der Waals surface area contributed by atoms with Crippen LogP contribution >= 0.6 is 0 Å². The van der Waals surface area contributed by atoms with Gasteiger partial charge in [0.05, 0.1) is 13.2 Å². The molecule has 0 radical (unpaired) electrons. The Kier molecular flexibility index (Phi) is 2.43. The van der Waals surface area contributed by atoms with E-state index in [9.17, 15) is 9.59 Å². The molecule has 1 heterocycles. The van der Waals surface area contributed by atoms with E-state index in [1.165, 1.54) is 4.90 Å². The van der Waals surface area contributed by atoms with Crippen molar-refractivity contribution in [2.75, 3.05) is 26.3 Å². The molecule has 1 N–H and O–H groups in total. The van der Waals surface area contributed by atoms with Gasteiger partial charge in [0.25, 0.3) is 0 Å². The number of aliphatic carboxylic acids is 1. The zero-order chi connectivity index (χ0) is 8.27. The van der Waals surface area contributed by atoms with Crippen LogP contribution in [0.1, 0.15) is 0 Å². The van der Waals surface area contributed by atoms with E-state index < -0.39 is 11.9 Å². The van der Waals surface area contributed by atoms with E-state index in [0.717, 1.165) is 0 Å². The molecule has 1 aliphatic rings. The van der Waals surface area contributed by atoms with Crippen LogP contribution in [0.25, 0.3) is 0 Å². The molecule has 1 aliphatic heterocycles. The first kappa shape index (κ1) is 8.00. The molecule has 0 saturated carbocycles. The van der Waals surface area contributed by atoms with Crippen LogP contribution in [0, 0.1) is 0 Å². The Morgan fingerprint density at radius 1 is 1.27 bits per heavy atom. The Bertz CT molecular complexity index is 173. The fraction of sp³-hybridized carbons (Fsp3) is 0.667. The van der Waals surface area contributed by atoms with Gasteiger partial charge in [-0.1, -0.05) is 0 Å². The monoisotopic (exact) mass is 159 g/mol. The van der Waals surface area contributed by atoms with Crippen molar-refractivity contribution >= 4 is 11.9 Å². The van der Waals surface area contributed by atoms with Gasteiger partial charge in [0.15, 0.2) is 0 Å². The van der Waals surface area contributed by atoms with Crippen LogP contribution in [-0.2, 0) is 14.3 Å². The number of carboxylic acid groups (broad SMARTS) is 1. The molecule has 0 atom stereocenters. The van der Waals surface area contributed by atoms with Crippen LogP contribution in [0.3, 0.4) is 0 Å². The van der Waals surface area contributed by atoms with Gasteiger partial charge in [-0.3, -0.25) is 4.79 Å². The molecule has 1 fully saturated rings. The predicted octanol–water partition coefficient (Wildman–Crippen LogP) is -1.07. The summed E-state index contributed by atoms with van der Waals surface area (Å²) in [5.41, 5.74) is 0. The molecule has 11 heavy (non-hydrogen) atoms. The number of hydrogen-bond donors (Lipinski definition) is 1. The normalized spacial score (nSPS) is 18.0. The van der Waals surface area contributed by atoms with Crippen LogP contribution < -0.4 is 0 Å². The SMILES string of the molecule is O=C(O)C(=O)N1CCOCC1. The number of carboxylic acids is 1. The number of carbonyl (C=O) groups excluding carboxylic acids is 1. The molecule has 62 valence electrons. The van der Waals surface area contributed by atoms with Gasteiger partial charge >= 0.3 is 11.9 Å². The van der Waals surface area contributed by atoms with E-state index in [1.807, 2.05) is 0 Å². The topological polar surface area (TPSA) is 66.8 Å². The lowest BCUT2D eigenvalue weighted by Crippen LogP contribution is -2.43. The van der Waals surface area contributed by atoms with Crippen molar-refractivity contribution in [1.82, 2.24) is 4.90 Å². The zero-order valence-corrected chi connectivity index (χ0v) is 5.95. The van der Waals surface area contributed by atoms with Gasteiger partial charge in [0.1, 0.15) is 0 Å². The van der Waals surface area contributed by atoms with Crippen LogP contribution in [-0.4, -0.2) is 48.2 Å². The highest BCUT2D eigenvalue weighted by Gasteiger charge is 2.22.